The number of carbonyl (C=O) groups is 1. The lowest BCUT2D eigenvalue weighted by Crippen LogP contribution is -2.43. The first kappa shape index (κ1) is 28.2. The topological polar surface area (TPSA) is 176 Å². The van der Waals surface area contributed by atoms with Crippen molar-refractivity contribution in [3.63, 3.8) is 0 Å². The molecule has 1 aromatic carbocycles. The standard InChI is InChI=1S/C12H15Cl2FNO7PS.C2H7NO/c1-25(21,22)8-4-2-7(3-5-8)10(23-24(18,19)20)9(6-15)16-12(17)11(13)14;3-1-2-4/h2-5,9-11H,6H2,1H3,(H,16,17)(H2,18,19,20);4H,1-3H2/t9-,10-;/m1./s1. The molecule has 168 valence electrons. The number of halogens is 3. The van der Waals surface area contributed by atoms with Crippen molar-refractivity contribution in [2.24, 2.45) is 5.73 Å². The Morgan fingerprint density at radius 2 is 1.79 bits per heavy atom. The predicted octanol–water partition coefficient (Wildman–Crippen LogP) is 0.436. The molecular weight excluding hydrogens is 477 g/mol. The van der Waals surface area contributed by atoms with Crippen molar-refractivity contribution >= 4 is 46.8 Å². The van der Waals surface area contributed by atoms with Crippen LogP contribution in [0.5, 0.6) is 0 Å². The molecule has 0 unspecified atom stereocenters. The molecule has 2 atom stereocenters. The molecule has 0 aliphatic heterocycles. The number of hydrogen-bond acceptors (Lipinski definition) is 7. The zero-order valence-electron chi connectivity index (χ0n) is 15.1. The number of rotatable bonds is 9. The van der Waals surface area contributed by atoms with Crippen molar-refractivity contribution in [3.8, 4) is 0 Å². The highest BCUT2D eigenvalue weighted by Gasteiger charge is 2.33. The Morgan fingerprint density at radius 3 is 2.10 bits per heavy atom. The van der Waals surface area contributed by atoms with Crippen LogP contribution in [0.2, 0.25) is 0 Å². The lowest BCUT2D eigenvalue weighted by atomic mass is 10.0. The summed E-state index contributed by atoms with van der Waals surface area (Å²) in [7, 11) is -8.58. The van der Waals surface area contributed by atoms with Gasteiger partial charge in [0, 0.05) is 12.8 Å². The van der Waals surface area contributed by atoms with Gasteiger partial charge in [-0.05, 0) is 17.7 Å². The van der Waals surface area contributed by atoms with Gasteiger partial charge in [0.25, 0.3) is 5.91 Å². The molecular formula is C14H22Cl2FN2O8PS. The number of phosphoric acid groups is 1. The fourth-order valence-electron chi connectivity index (χ4n) is 1.86. The monoisotopic (exact) mass is 498 g/mol. The number of nitrogens with one attached hydrogen (secondary N) is 1. The Kier molecular flexibility index (Phi) is 12.4. The molecule has 15 heteroatoms. The lowest BCUT2D eigenvalue weighted by Gasteiger charge is -2.27. The molecule has 0 aliphatic carbocycles. The number of amides is 1. The van der Waals surface area contributed by atoms with Crippen LogP contribution in [0.4, 0.5) is 4.39 Å². The summed E-state index contributed by atoms with van der Waals surface area (Å²) in [5.74, 6) is -0.988. The van der Waals surface area contributed by atoms with Gasteiger partial charge in [0.05, 0.1) is 17.5 Å². The number of nitrogens with two attached hydrogens (primary N) is 1. The molecule has 0 saturated heterocycles. The zero-order chi connectivity index (χ0) is 22.8. The van der Waals surface area contributed by atoms with Crippen molar-refractivity contribution < 1.29 is 41.6 Å². The van der Waals surface area contributed by atoms with E-state index in [4.69, 9.17) is 43.8 Å². The molecule has 0 heterocycles. The largest absolute Gasteiger partial charge is 0.470 e. The quantitative estimate of drug-likeness (QED) is 0.238. The smallest absolute Gasteiger partial charge is 0.395 e. The van der Waals surface area contributed by atoms with Crippen molar-refractivity contribution in [1.82, 2.24) is 5.32 Å². The summed E-state index contributed by atoms with van der Waals surface area (Å²) in [5, 5.41) is 9.82. The maximum atomic E-state index is 13.3. The summed E-state index contributed by atoms with van der Waals surface area (Å²) >= 11 is 10.7. The number of benzene rings is 1. The fourth-order valence-corrected chi connectivity index (χ4v) is 3.18. The number of phosphoric ester groups is 1. The Morgan fingerprint density at radius 1 is 1.31 bits per heavy atom. The van der Waals surface area contributed by atoms with Crippen molar-refractivity contribution in [2.75, 3.05) is 26.1 Å². The van der Waals surface area contributed by atoms with Crippen LogP contribution in [0.1, 0.15) is 11.7 Å². The van der Waals surface area contributed by atoms with E-state index in [2.05, 4.69) is 9.84 Å². The Hall–Kier alpha value is -0.820. The summed E-state index contributed by atoms with van der Waals surface area (Å²) in [6.07, 6.45) is -0.646. The number of sulfone groups is 1. The molecule has 0 aliphatic rings. The first-order valence-corrected chi connectivity index (χ1v) is 12.1. The van der Waals surface area contributed by atoms with Crippen molar-refractivity contribution in [2.45, 2.75) is 21.9 Å². The van der Waals surface area contributed by atoms with Gasteiger partial charge < -0.3 is 25.9 Å². The number of aliphatic hydroxyl groups excluding tert-OH is 1. The number of alkyl halides is 3. The third kappa shape index (κ3) is 11.2. The molecule has 1 amide bonds. The molecule has 6 N–H and O–H groups in total. The molecule has 0 fully saturated rings. The van der Waals surface area contributed by atoms with E-state index in [0.29, 0.717) is 6.54 Å². The van der Waals surface area contributed by atoms with Gasteiger partial charge in [0.2, 0.25) is 0 Å². The van der Waals surface area contributed by atoms with Crippen LogP contribution in [0, 0.1) is 0 Å². The first-order chi connectivity index (χ1) is 13.3. The molecule has 0 spiro atoms. The van der Waals surface area contributed by atoms with Gasteiger partial charge in [0.15, 0.2) is 14.7 Å². The van der Waals surface area contributed by atoms with E-state index in [-0.39, 0.29) is 17.1 Å². The average molecular weight is 499 g/mol. The molecule has 1 aromatic rings. The molecule has 29 heavy (non-hydrogen) atoms. The first-order valence-electron chi connectivity index (χ1n) is 7.76. The second-order valence-electron chi connectivity index (χ2n) is 5.44. The highest BCUT2D eigenvalue weighted by molar-refractivity contribution is 7.90. The van der Waals surface area contributed by atoms with E-state index >= 15 is 0 Å². The third-order valence-corrected chi connectivity index (χ3v) is 5.10. The van der Waals surface area contributed by atoms with Gasteiger partial charge in [0.1, 0.15) is 12.8 Å². The summed E-state index contributed by atoms with van der Waals surface area (Å²) in [6, 6.07) is 3.16. The van der Waals surface area contributed by atoms with Crippen LogP contribution in [-0.4, -0.2) is 66.2 Å². The zero-order valence-corrected chi connectivity index (χ0v) is 18.3. The minimum atomic E-state index is -5.07. The summed E-state index contributed by atoms with van der Waals surface area (Å²) in [6.45, 7) is -0.787. The number of aliphatic hydroxyl groups is 1. The third-order valence-electron chi connectivity index (χ3n) is 3.07. The maximum absolute atomic E-state index is 13.3. The van der Waals surface area contributed by atoms with Gasteiger partial charge in [-0.3, -0.25) is 9.32 Å². The van der Waals surface area contributed by atoms with E-state index < -0.39 is 47.2 Å². The maximum Gasteiger partial charge on any atom is 0.470 e. The van der Waals surface area contributed by atoms with Crippen LogP contribution in [0.25, 0.3) is 0 Å². The van der Waals surface area contributed by atoms with Crippen LogP contribution in [-0.2, 0) is 23.7 Å². The molecule has 0 saturated carbocycles. The second kappa shape index (κ2) is 12.8. The molecule has 1 rings (SSSR count). The van der Waals surface area contributed by atoms with Gasteiger partial charge in [-0.1, -0.05) is 35.3 Å². The minimum absolute atomic E-state index is 0.0272. The van der Waals surface area contributed by atoms with Crippen molar-refractivity contribution in [1.29, 1.82) is 0 Å². The Balaban J connectivity index is 0.00000178. The van der Waals surface area contributed by atoms with E-state index in [1.165, 1.54) is 12.1 Å². The van der Waals surface area contributed by atoms with Gasteiger partial charge in [-0.25, -0.2) is 17.4 Å². The van der Waals surface area contributed by atoms with Crippen LogP contribution >= 0.6 is 31.0 Å². The second-order valence-corrected chi connectivity index (χ2v) is 9.74. The SMILES string of the molecule is CS(=O)(=O)c1ccc([C@@H](OP(=O)(O)O)[C@@H](CF)NC(=O)C(Cl)Cl)cc1.NCCO. The van der Waals surface area contributed by atoms with Gasteiger partial charge in [-0.2, -0.15) is 0 Å². The lowest BCUT2D eigenvalue weighted by molar-refractivity contribution is -0.121. The Labute approximate surface area is 177 Å². The molecule has 0 bridgehead atoms. The van der Waals surface area contributed by atoms with E-state index in [9.17, 15) is 22.2 Å². The number of carbonyl (C=O) groups excluding carboxylic acids is 1. The summed E-state index contributed by atoms with van der Waals surface area (Å²) in [4.78, 5) is 28.0. The van der Waals surface area contributed by atoms with E-state index in [0.717, 1.165) is 18.4 Å². The predicted molar refractivity (Wildman–Crippen MR) is 105 cm³/mol. The van der Waals surface area contributed by atoms with E-state index in [1.807, 2.05) is 0 Å². The molecule has 10 nitrogen and oxygen atoms in total. The summed E-state index contributed by atoms with van der Waals surface area (Å²) in [5.41, 5.74) is 4.80. The van der Waals surface area contributed by atoms with Crippen LogP contribution in [0.3, 0.4) is 0 Å². The number of hydrogen-bond donors (Lipinski definition) is 5. The Bertz CT molecular complexity index is 789. The van der Waals surface area contributed by atoms with Crippen LogP contribution < -0.4 is 11.1 Å². The fraction of sp³-hybridized carbons (Fsp3) is 0.500. The highest BCUT2D eigenvalue weighted by Crippen LogP contribution is 2.43. The van der Waals surface area contributed by atoms with Crippen LogP contribution in [0.15, 0.2) is 29.2 Å². The average Bonchev–Trinajstić information content (AvgIpc) is 2.63. The minimum Gasteiger partial charge on any atom is -0.395 e. The summed E-state index contributed by atoms with van der Waals surface area (Å²) < 4.78 is 52.0. The molecule has 0 aromatic heterocycles. The molecule has 0 radical (unpaired) electrons. The van der Waals surface area contributed by atoms with Crippen molar-refractivity contribution in [3.05, 3.63) is 29.8 Å². The van der Waals surface area contributed by atoms with Gasteiger partial charge in [-0.15, -0.1) is 0 Å². The van der Waals surface area contributed by atoms with E-state index in [1.54, 1.807) is 0 Å². The normalized spacial score (nSPS) is 14.0. The highest BCUT2D eigenvalue weighted by atomic mass is 35.5. The van der Waals surface area contributed by atoms with Gasteiger partial charge >= 0.3 is 7.82 Å².